The second-order valence-electron chi connectivity index (χ2n) is 2.58. The minimum Gasteiger partial charge on any atom is -0.271 e. The zero-order chi connectivity index (χ0) is 8.97. The van der Waals surface area contributed by atoms with Crippen LogP contribution in [0.2, 0.25) is 0 Å². The monoisotopic (exact) mass is 180 g/mol. The Morgan fingerprint density at radius 2 is 2.50 bits per heavy atom. The van der Waals surface area contributed by atoms with Crippen molar-refractivity contribution in [3.05, 3.63) is 21.9 Å². The highest BCUT2D eigenvalue weighted by Gasteiger charge is 2.09. The van der Waals surface area contributed by atoms with Gasteiger partial charge in [-0.05, 0) is 19.1 Å². The van der Waals surface area contributed by atoms with E-state index in [-0.39, 0.29) is 6.04 Å². The third-order valence-corrected chi connectivity index (χ3v) is 2.74. The van der Waals surface area contributed by atoms with Crippen molar-refractivity contribution >= 4 is 11.3 Å². The molecule has 0 saturated heterocycles. The van der Waals surface area contributed by atoms with E-state index in [0.29, 0.717) is 6.42 Å². The first-order valence-electron chi connectivity index (χ1n) is 3.74. The van der Waals surface area contributed by atoms with Gasteiger partial charge in [0.2, 0.25) is 0 Å². The summed E-state index contributed by atoms with van der Waals surface area (Å²) in [6.07, 6.45) is 5.84. The number of hydrogen-bond donors (Lipinski definition) is 2. The molecule has 0 spiro atoms. The highest BCUT2D eigenvalue weighted by Crippen LogP contribution is 2.23. The maximum Gasteiger partial charge on any atom is 0.0662 e. The van der Waals surface area contributed by atoms with E-state index in [4.69, 9.17) is 12.3 Å². The standard InChI is InChI=1S/C9H12N2S/c1-3-4-8(11-10)9-6-5-7(2)12-9/h1,5-6,8,11H,4,10H2,2H3. The van der Waals surface area contributed by atoms with Crippen LogP contribution in [0.3, 0.4) is 0 Å². The van der Waals surface area contributed by atoms with Crippen LogP contribution in [-0.2, 0) is 0 Å². The van der Waals surface area contributed by atoms with E-state index in [1.54, 1.807) is 11.3 Å². The lowest BCUT2D eigenvalue weighted by Crippen LogP contribution is -2.26. The van der Waals surface area contributed by atoms with Crippen LogP contribution >= 0.6 is 11.3 Å². The van der Waals surface area contributed by atoms with Crippen LogP contribution in [0.4, 0.5) is 0 Å². The van der Waals surface area contributed by atoms with Gasteiger partial charge >= 0.3 is 0 Å². The number of nitrogens with two attached hydrogens (primary N) is 1. The maximum absolute atomic E-state index is 5.36. The molecule has 3 heteroatoms. The Morgan fingerprint density at radius 1 is 1.75 bits per heavy atom. The van der Waals surface area contributed by atoms with Crippen molar-refractivity contribution in [2.45, 2.75) is 19.4 Å². The van der Waals surface area contributed by atoms with E-state index in [2.05, 4.69) is 30.4 Å². The summed E-state index contributed by atoms with van der Waals surface area (Å²) in [5, 5.41) is 0. The lowest BCUT2D eigenvalue weighted by molar-refractivity contribution is 0.577. The lowest BCUT2D eigenvalue weighted by Gasteiger charge is -2.09. The Labute approximate surface area is 76.8 Å². The van der Waals surface area contributed by atoms with E-state index in [1.807, 2.05) is 0 Å². The van der Waals surface area contributed by atoms with E-state index in [1.165, 1.54) is 9.75 Å². The molecule has 0 amide bonds. The normalized spacial score (nSPS) is 12.4. The van der Waals surface area contributed by atoms with E-state index in [0.717, 1.165) is 0 Å². The fraction of sp³-hybridized carbons (Fsp3) is 0.333. The Morgan fingerprint density at radius 3 is 2.92 bits per heavy atom. The largest absolute Gasteiger partial charge is 0.271 e. The van der Waals surface area contributed by atoms with Gasteiger partial charge in [0.05, 0.1) is 6.04 Å². The van der Waals surface area contributed by atoms with Gasteiger partial charge in [0, 0.05) is 16.2 Å². The number of aryl methyl sites for hydroxylation is 1. The quantitative estimate of drug-likeness (QED) is 0.421. The number of terminal acetylenes is 1. The average molecular weight is 180 g/mol. The molecule has 0 aliphatic carbocycles. The molecular weight excluding hydrogens is 168 g/mol. The van der Waals surface area contributed by atoms with Gasteiger partial charge in [0.15, 0.2) is 0 Å². The number of thiophene rings is 1. The number of hydrogen-bond acceptors (Lipinski definition) is 3. The molecule has 1 unspecified atom stereocenters. The van der Waals surface area contributed by atoms with Crippen molar-refractivity contribution in [2.75, 3.05) is 0 Å². The Balaban J connectivity index is 2.74. The molecule has 0 bridgehead atoms. The SMILES string of the molecule is C#CCC(NN)c1ccc(C)s1. The minimum atomic E-state index is 0.105. The Bertz CT molecular complexity index is 285. The summed E-state index contributed by atoms with van der Waals surface area (Å²) in [5.74, 6) is 7.95. The van der Waals surface area contributed by atoms with Gasteiger partial charge in [-0.15, -0.1) is 23.7 Å². The van der Waals surface area contributed by atoms with Crippen LogP contribution in [0.25, 0.3) is 0 Å². The molecule has 0 fully saturated rings. The van der Waals surface area contributed by atoms with Crippen LogP contribution in [0.15, 0.2) is 12.1 Å². The first kappa shape index (κ1) is 9.27. The number of rotatable bonds is 3. The molecular formula is C9H12N2S. The maximum atomic E-state index is 5.36. The number of hydrazine groups is 1. The molecule has 1 aromatic rings. The summed E-state index contributed by atoms with van der Waals surface area (Å²) in [7, 11) is 0. The topological polar surface area (TPSA) is 38.0 Å². The molecule has 1 atom stereocenters. The second-order valence-corrected chi connectivity index (χ2v) is 3.90. The number of nitrogens with one attached hydrogen (secondary N) is 1. The van der Waals surface area contributed by atoms with Crippen LogP contribution in [0, 0.1) is 19.3 Å². The van der Waals surface area contributed by atoms with Gasteiger partial charge in [0.25, 0.3) is 0 Å². The van der Waals surface area contributed by atoms with Gasteiger partial charge in [-0.3, -0.25) is 11.3 Å². The van der Waals surface area contributed by atoms with E-state index < -0.39 is 0 Å². The lowest BCUT2D eigenvalue weighted by atomic mass is 10.2. The molecule has 1 aromatic heterocycles. The van der Waals surface area contributed by atoms with Crippen LogP contribution in [0.1, 0.15) is 22.2 Å². The van der Waals surface area contributed by atoms with Crippen molar-refractivity contribution in [3.63, 3.8) is 0 Å². The molecule has 0 aromatic carbocycles. The first-order chi connectivity index (χ1) is 5.77. The Hall–Kier alpha value is -0.820. The van der Waals surface area contributed by atoms with E-state index in [9.17, 15) is 0 Å². The second kappa shape index (κ2) is 4.27. The average Bonchev–Trinajstić information content (AvgIpc) is 2.47. The van der Waals surface area contributed by atoms with Gasteiger partial charge in [0.1, 0.15) is 0 Å². The summed E-state index contributed by atoms with van der Waals surface area (Å²) in [5.41, 5.74) is 2.70. The van der Waals surface area contributed by atoms with Gasteiger partial charge < -0.3 is 0 Å². The van der Waals surface area contributed by atoms with Crippen molar-refractivity contribution in [2.24, 2.45) is 5.84 Å². The van der Waals surface area contributed by atoms with Crippen LogP contribution in [0.5, 0.6) is 0 Å². The molecule has 0 aliphatic heterocycles. The fourth-order valence-electron chi connectivity index (χ4n) is 1.00. The van der Waals surface area contributed by atoms with Crippen LogP contribution in [-0.4, -0.2) is 0 Å². The summed E-state index contributed by atoms with van der Waals surface area (Å²) in [4.78, 5) is 2.48. The first-order valence-corrected chi connectivity index (χ1v) is 4.55. The summed E-state index contributed by atoms with van der Waals surface area (Å²) >= 11 is 1.72. The smallest absolute Gasteiger partial charge is 0.0662 e. The van der Waals surface area contributed by atoms with Crippen molar-refractivity contribution in [1.29, 1.82) is 0 Å². The van der Waals surface area contributed by atoms with Crippen molar-refractivity contribution in [3.8, 4) is 12.3 Å². The van der Waals surface area contributed by atoms with Gasteiger partial charge in [-0.25, -0.2) is 0 Å². The highest BCUT2D eigenvalue weighted by atomic mass is 32.1. The summed E-state index contributed by atoms with van der Waals surface area (Å²) in [6.45, 7) is 2.07. The molecule has 2 nitrogen and oxygen atoms in total. The fourth-order valence-corrected chi connectivity index (χ4v) is 1.94. The van der Waals surface area contributed by atoms with Gasteiger partial charge in [-0.2, -0.15) is 0 Å². The third kappa shape index (κ3) is 2.08. The summed E-state index contributed by atoms with van der Waals surface area (Å²) in [6, 6.07) is 4.23. The van der Waals surface area contributed by atoms with Crippen LogP contribution < -0.4 is 11.3 Å². The zero-order valence-corrected chi connectivity index (χ0v) is 7.82. The predicted molar refractivity (Wildman–Crippen MR) is 52.6 cm³/mol. The molecule has 0 aliphatic rings. The molecule has 0 saturated carbocycles. The summed E-state index contributed by atoms with van der Waals surface area (Å²) < 4.78 is 0. The zero-order valence-electron chi connectivity index (χ0n) is 7.00. The molecule has 1 rings (SSSR count). The van der Waals surface area contributed by atoms with Crippen molar-refractivity contribution < 1.29 is 0 Å². The molecule has 1 heterocycles. The highest BCUT2D eigenvalue weighted by molar-refractivity contribution is 7.12. The Kier molecular flexibility index (Phi) is 3.30. The van der Waals surface area contributed by atoms with E-state index >= 15 is 0 Å². The molecule has 3 N–H and O–H groups in total. The molecule has 64 valence electrons. The van der Waals surface area contributed by atoms with Gasteiger partial charge in [-0.1, -0.05) is 0 Å². The minimum absolute atomic E-state index is 0.105. The molecule has 0 radical (unpaired) electrons. The predicted octanol–water partition coefficient (Wildman–Crippen LogP) is 1.58. The third-order valence-electron chi connectivity index (χ3n) is 1.63. The molecule has 12 heavy (non-hydrogen) atoms. The van der Waals surface area contributed by atoms with Crippen molar-refractivity contribution in [1.82, 2.24) is 5.43 Å².